The van der Waals surface area contributed by atoms with Gasteiger partial charge in [0, 0.05) is 12.3 Å². The Hall–Kier alpha value is -1.42. The second-order valence-electron chi connectivity index (χ2n) is 3.89. The number of phenolic OH excluding ortho intramolecular Hbond substituents is 1. The van der Waals surface area contributed by atoms with Crippen molar-refractivity contribution in [1.29, 1.82) is 0 Å². The van der Waals surface area contributed by atoms with Gasteiger partial charge in [-0.2, -0.15) is 0 Å². The van der Waals surface area contributed by atoms with E-state index in [1.165, 1.54) is 5.56 Å². The van der Waals surface area contributed by atoms with Crippen molar-refractivity contribution in [1.82, 2.24) is 0 Å². The fraction of sp³-hybridized carbons (Fsp3) is 0.429. The van der Waals surface area contributed by atoms with Crippen molar-refractivity contribution in [3.63, 3.8) is 0 Å². The predicted octanol–water partition coefficient (Wildman–Crippen LogP) is 3.29. The molecule has 1 aromatic rings. The molecule has 0 radical (unpaired) electrons. The molecule has 1 aromatic carbocycles. The Morgan fingerprint density at radius 3 is 2.73 bits per heavy atom. The van der Waals surface area contributed by atoms with Crippen molar-refractivity contribution in [2.24, 2.45) is 5.92 Å². The van der Waals surface area contributed by atoms with Crippen LogP contribution in [0.15, 0.2) is 18.2 Å². The molecule has 1 N–H and O–H groups in total. The van der Waals surface area contributed by atoms with Crippen molar-refractivity contribution in [2.45, 2.75) is 33.6 Å². The van der Waals surface area contributed by atoms with E-state index in [0.29, 0.717) is 11.7 Å². The van der Waals surface area contributed by atoms with Gasteiger partial charge in [-0.1, -0.05) is 25.8 Å². The summed E-state index contributed by atoms with van der Waals surface area (Å²) in [5.41, 5.74) is 2.41. The van der Waals surface area contributed by atoms with Crippen molar-refractivity contribution in [3.8, 4) is 17.6 Å². The average Bonchev–Trinajstić information content (AvgIpc) is 2.19. The first-order chi connectivity index (χ1) is 7.13. The Bertz CT molecular complexity index is 382. The van der Waals surface area contributed by atoms with E-state index in [9.17, 15) is 5.11 Å². The van der Waals surface area contributed by atoms with Gasteiger partial charge in [0.1, 0.15) is 5.75 Å². The van der Waals surface area contributed by atoms with Crippen LogP contribution in [0, 0.1) is 24.7 Å². The summed E-state index contributed by atoms with van der Waals surface area (Å²) in [6.45, 7) is 6.22. The molecular weight excluding hydrogens is 184 g/mol. The Labute approximate surface area is 92.1 Å². The Balaban J connectivity index is 2.72. The fourth-order valence-electron chi connectivity index (χ4n) is 1.57. The summed E-state index contributed by atoms with van der Waals surface area (Å²) in [6.07, 6.45) is 1.87. The third-order valence-corrected chi connectivity index (χ3v) is 2.38. The number of rotatable bonds is 2. The van der Waals surface area contributed by atoms with Gasteiger partial charge in [0.05, 0.1) is 0 Å². The summed E-state index contributed by atoms with van der Waals surface area (Å²) in [4.78, 5) is 0. The van der Waals surface area contributed by atoms with E-state index in [1.807, 2.05) is 13.0 Å². The van der Waals surface area contributed by atoms with E-state index in [0.717, 1.165) is 18.4 Å². The quantitative estimate of drug-likeness (QED) is 0.730. The number of aromatic hydroxyl groups is 1. The minimum absolute atomic E-state index is 0.337. The summed E-state index contributed by atoms with van der Waals surface area (Å²) < 4.78 is 0. The number of phenols is 1. The molecule has 0 aliphatic heterocycles. The Morgan fingerprint density at radius 2 is 2.13 bits per heavy atom. The van der Waals surface area contributed by atoms with Gasteiger partial charge >= 0.3 is 0 Å². The maximum atomic E-state index is 9.29. The van der Waals surface area contributed by atoms with Crippen LogP contribution in [0.5, 0.6) is 5.75 Å². The van der Waals surface area contributed by atoms with E-state index in [1.54, 1.807) is 12.1 Å². The van der Waals surface area contributed by atoms with Crippen molar-refractivity contribution >= 4 is 0 Å². The van der Waals surface area contributed by atoms with Crippen LogP contribution in [0.3, 0.4) is 0 Å². The zero-order valence-corrected chi connectivity index (χ0v) is 9.67. The highest BCUT2D eigenvalue weighted by atomic mass is 16.3. The lowest BCUT2D eigenvalue weighted by Crippen LogP contribution is -1.98. The number of hydrogen-bond acceptors (Lipinski definition) is 1. The van der Waals surface area contributed by atoms with Crippen LogP contribution in [-0.2, 0) is 6.42 Å². The maximum absolute atomic E-state index is 9.29. The molecule has 15 heavy (non-hydrogen) atoms. The van der Waals surface area contributed by atoms with Crippen LogP contribution in [-0.4, -0.2) is 5.11 Å². The summed E-state index contributed by atoms with van der Waals surface area (Å²) in [5.74, 6) is 7.03. The van der Waals surface area contributed by atoms with Gasteiger partial charge < -0.3 is 5.11 Å². The lowest BCUT2D eigenvalue weighted by molar-refractivity contribution is 0.474. The fourth-order valence-corrected chi connectivity index (χ4v) is 1.57. The molecule has 80 valence electrons. The second kappa shape index (κ2) is 5.46. The second-order valence-corrected chi connectivity index (χ2v) is 3.89. The summed E-state index contributed by atoms with van der Waals surface area (Å²) in [7, 11) is 0. The topological polar surface area (TPSA) is 20.2 Å². The summed E-state index contributed by atoms with van der Waals surface area (Å²) in [6, 6.07) is 5.52. The Kier molecular flexibility index (Phi) is 4.24. The SMILES string of the molecule is CCC#CC(C)Cc1ccc(O)cc1C. The highest BCUT2D eigenvalue weighted by Gasteiger charge is 2.03. The normalized spacial score (nSPS) is 11.7. The third-order valence-electron chi connectivity index (χ3n) is 2.38. The molecule has 0 aromatic heterocycles. The minimum Gasteiger partial charge on any atom is -0.508 e. The highest BCUT2D eigenvalue weighted by molar-refractivity contribution is 5.34. The molecule has 0 amide bonds. The van der Waals surface area contributed by atoms with Gasteiger partial charge in [-0.05, 0) is 36.6 Å². The monoisotopic (exact) mass is 202 g/mol. The Morgan fingerprint density at radius 1 is 1.40 bits per heavy atom. The molecule has 0 spiro atoms. The molecule has 0 saturated carbocycles. The minimum atomic E-state index is 0.337. The lowest BCUT2D eigenvalue weighted by atomic mass is 9.97. The maximum Gasteiger partial charge on any atom is 0.115 e. The summed E-state index contributed by atoms with van der Waals surface area (Å²) in [5, 5.41) is 9.29. The van der Waals surface area contributed by atoms with E-state index >= 15 is 0 Å². The first-order valence-electron chi connectivity index (χ1n) is 5.40. The molecule has 1 unspecified atom stereocenters. The average molecular weight is 202 g/mol. The van der Waals surface area contributed by atoms with Gasteiger partial charge in [-0.25, -0.2) is 0 Å². The molecule has 0 bridgehead atoms. The van der Waals surface area contributed by atoms with Crippen LogP contribution < -0.4 is 0 Å². The van der Waals surface area contributed by atoms with Gasteiger partial charge in [-0.3, -0.25) is 0 Å². The molecular formula is C14H18O. The molecule has 0 aliphatic carbocycles. The first kappa shape index (κ1) is 11.7. The molecule has 1 atom stereocenters. The third kappa shape index (κ3) is 3.67. The zero-order valence-electron chi connectivity index (χ0n) is 9.67. The van der Waals surface area contributed by atoms with E-state index in [4.69, 9.17) is 0 Å². The van der Waals surface area contributed by atoms with Gasteiger partial charge in [0.2, 0.25) is 0 Å². The largest absolute Gasteiger partial charge is 0.508 e. The summed E-state index contributed by atoms with van der Waals surface area (Å²) >= 11 is 0. The number of benzene rings is 1. The molecule has 0 fully saturated rings. The van der Waals surface area contributed by atoms with Crippen LogP contribution in [0.2, 0.25) is 0 Å². The molecule has 1 nitrogen and oxygen atoms in total. The molecule has 0 aliphatic rings. The lowest BCUT2D eigenvalue weighted by Gasteiger charge is -2.08. The van der Waals surface area contributed by atoms with Crippen molar-refractivity contribution in [3.05, 3.63) is 29.3 Å². The van der Waals surface area contributed by atoms with E-state index in [2.05, 4.69) is 25.7 Å². The van der Waals surface area contributed by atoms with E-state index < -0.39 is 0 Å². The first-order valence-corrected chi connectivity index (χ1v) is 5.40. The van der Waals surface area contributed by atoms with Gasteiger partial charge in [0.15, 0.2) is 0 Å². The smallest absolute Gasteiger partial charge is 0.115 e. The van der Waals surface area contributed by atoms with Crippen LogP contribution in [0.25, 0.3) is 0 Å². The van der Waals surface area contributed by atoms with Crippen molar-refractivity contribution in [2.75, 3.05) is 0 Å². The standard InChI is InChI=1S/C14H18O/c1-4-5-6-11(2)9-13-7-8-14(15)10-12(13)3/h7-8,10-11,15H,4,9H2,1-3H3. The molecule has 0 heterocycles. The van der Waals surface area contributed by atoms with Crippen LogP contribution in [0.4, 0.5) is 0 Å². The van der Waals surface area contributed by atoms with Crippen LogP contribution >= 0.6 is 0 Å². The predicted molar refractivity (Wildman–Crippen MR) is 63.8 cm³/mol. The van der Waals surface area contributed by atoms with Gasteiger partial charge in [-0.15, -0.1) is 5.92 Å². The number of aryl methyl sites for hydroxylation is 1. The molecule has 1 rings (SSSR count). The zero-order chi connectivity index (χ0) is 11.3. The van der Waals surface area contributed by atoms with Gasteiger partial charge in [0.25, 0.3) is 0 Å². The van der Waals surface area contributed by atoms with Crippen molar-refractivity contribution < 1.29 is 5.11 Å². The highest BCUT2D eigenvalue weighted by Crippen LogP contribution is 2.18. The van der Waals surface area contributed by atoms with Crippen LogP contribution in [0.1, 0.15) is 31.4 Å². The van der Waals surface area contributed by atoms with E-state index in [-0.39, 0.29) is 0 Å². The molecule has 1 heteroatoms. The molecule has 0 saturated heterocycles. The number of hydrogen-bond donors (Lipinski definition) is 1.